The van der Waals surface area contributed by atoms with Crippen molar-refractivity contribution in [1.29, 1.82) is 0 Å². The first-order valence-electron chi connectivity index (χ1n) is 5.51. The Labute approximate surface area is 121 Å². The molecular formula is C11H10BrN5O3. The summed E-state index contributed by atoms with van der Waals surface area (Å²) in [7, 11) is 0. The SMILES string of the molecule is Cc1[nH]nc(NNC(=O)c2ccccc2Br)c1[N+](=O)[O-]. The van der Waals surface area contributed by atoms with Crippen LogP contribution in [0.1, 0.15) is 16.1 Å². The van der Waals surface area contributed by atoms with E-state index in [2.05, 4.69) is 37.0 Å². The van der Waals surface area contributed by atoms with Crippen LogP contribution in [0.15, 0.2) is 28.7 Å². The molecule has 0 unspecified atom stereocenters. The van der Waals surface area contributed by atoms with Crippen LogP contribution in [0.3, 0.4) is 0 Å². The predicted molar refractivity (Wildman–Crippen MR) is 75.2 cm³/mol. The maximum atomic E-state index is 11.9. The largest absolute Gasteiger partial charge is 0.335 e. The topological polar surface area (TPSA) is 113 Å². The number of benzene rings is 1. The molecule has 8 nitrogen and oxygen atoms in total. The van der Waals surface area contributed by atoms with Gasteiger partial charge in [-0.15, -0.1) is 5.10 Å². The molecule has 0 fully saturated rings. The summed E-state index contributed by atoms with van der Waals surface area (Å²) < 4.78 is 0.618. The van der Waals surface area contributed by atoms with Crippen molar-refractivity contribution in [3.05, 3.63) is 50.1 Å². The maximum Gasteiger partial charge on any atom is 0.335 e. The summed E-state index contributed by atoms with van der Waals surface area (Å²) >= 11 is 3.25. The third kappa shape index (κ3) is 2.77. The van der Waals surface area contributed by atoms with Crippen LogP contribution in [0.5, 0.6) is 0 Å². The third-order valence-electron chi connectivity index (χ3n) is 2.51. The molecule has 1 aromatic heterocycles. The summed E-state index contributed by atoms with van der Waals surface area (Å²) in [6.45, 7) is 1.52. The zero-order valence-corrected chi connectivity index (χ0v) is 11.9. The number of nitrogens with zero attached hydrogens (tertiary/aromatic N) is 2. The van der Waals surface area contributed by atoms with Crippen molar-refractivity contribution in [3.8, 4) is 0 Å². The number of carbonyl (C=O) groups is 1. The zero-order chi connectivity index (χ0) is 14.7. The number of anilines is 1. The number of amides is 1. The van der Waals surface area contributed by atoms with E-state index in [0.29, 0.717) is 15.7 Å². The first-order valence-corrected chi connectivity index (χ1v) is 6.30. The fraction of sp³-hybridized carbons (Fsp3) is 0.0909. The van der Waals surface area contributed by atoms with Gasteiger partial charge in [0.15, 0.2) is 0 Å². The summed E-state index contributed by atoms with van der Waals surface area (Å²) in [5.74, 6) is -0.486. The van der Waals surface area contributed by atoms with Crippen LogP contribution in [0.4, 0.5) is 11.5 Å². The Morgan fingerprint density at radius 2 is 2.15 bits per heavy atom. The molecule has 0 radical (unpaired) electrons. The molecule has 0 spiro atoms. The van der Waals surface area contributed by atoms with E-state index >= 15 is 0 Å². The summed E-state index contributed by atoms with van der Waals surface area (Å²) in [6, 6.07) is 6.82. The standard InChI is InChI=1S/C11H10BrN5O3/c1-6-9(17(19)20)10(14-13-6)15-16-11(18)7-4-2-3-5-8(7)12/h2-5H,1H3,(H,16,18)(H2,13,14,15). The second kappa shape index (κ2) is 5.70. The molecule has 2 rings (SSSR count). The van der Waals surface area contributed by atoms with Crippen LogP contribution in [0.25, 0.3) is 0 Å². The molecule has 0 saturated heterocycles. The van der Waals surface area contributed by atoms with E-state index in [1.54, 1.807) is 24.3 Å². The molecule has 0 atom stereocenters. The number of nitro groups is 1. The van der Waals surface area contributed by atoms with Crippen LogP contribution in [-0.2, 0) is 0 Å². The molecule has 3 N–H and O–H groups in total. The number of aryl methyl sites for hydroxylation is 1. The van der Waals surface area contributed by atoms with Crippen molar-refractivity contribution in [3.63, 3.8) is 0 Å². The number of hydrogen-bond donors (Lipinski definition) is 3. The lowest BCUT2D eigenvalue weighted by molar-refractivity contribution is -0.384. The second-order valence-corrected chi connectivity index (χ2v) is 4.72. The molecule has 1 aromatic carbocycles. The van der Waals surface area contributed by atoms with Crippen LogP contribution in [-0.4, -0.2) is 21.0 Å². The number of aromatic nitrogens is 2. The van der Waals surface area contributed by atoms with Gasteiger partial charge >= 0.3 is 5.69 Å². The van der Waals surface area contributed by atoms with Gasteiger partial charge in [-0.3, -0.25) is 30.9 Å². The van der Waals surface area contributed by atoms with Gasteiger partial charge in [-0.2, -0.15) is 0 Å². The smallest absolute Gasteiger partial charge is 0.274 e. The Morgan fingerprint density at radius 3 is 2.80 bits per heavy atom. The Kier molecular flexibility index (Phi) is 3.99. The van der Waals surface area contributed by atoms with E-state index < -0.39 is 10.8 Å². The Hall–Kier alpha value is -2.42. The van der Waals surface area contributed by atoms with E-state index in [-0.39, 0.29) is 11.5 Å². The maximum absolute atomic E-state index is 11.9. The van der Waals surface area contributed by atoms with Crippen molar-refractivity contribution in [2.75, 3.05) is 5.43 Å². The molecular weight excluding hydrogens is 330 g/mol. The van der Waals surface area contributed by atoms with Crippen LogP contribution >= 0.6 is 15.9 Å². The number of aromatic amines is 1. The van der Waals surface area contributed by atoms with E-state index in [1.165, 1.54) is 6.92 Å². The highest BCUT2D eigenvalue weighted by Crippen LogP contribution is 2.24. The van der Waals surface area contributed by atoms with Crippen molar-refractivity contribution < 1.29 is 9.72 Å². The molecule has 20 heavy (non-hydrogen) atoms. The second-order valence-electron chi connectivity index (χ2n) is 3.86. The number of hydrazine groups is 1. The quantitative estimate of drug-likeness (QED) is 0.583. The minimum Gasteiger partial charge on any atom is -0.274 e. The highest BCUT2D eigenvalue weighted by Gasteiger charge is 2.22. The van der Waals surface area contributed by atoms with Crippen LogP contribution in [0, 0.1) is 17.0 Å². The van der Waals surface area contributed by atoms with Gasteiger partial charge in [-0.25, -0.2) is 0 Å². The molecule has 104 valence electrons. The third-order valence-corrected chi connectivity index (χ3v) is 3.20. The number of hydrogen-bond acceptors (Lipinski definition) is 5. The molecule has 0 saturated carbocycles. The summed E-state index contributed by atoms with van der Waals surface area (Å²) in [4.78, 5) is 22.2. The highest BCUT2D eigenvalue weighted by atomic mass is 79.9. The number of carbonyl (C=O) groups excluding carboxylic acids is 1. The Balaban J connectivity index is 2.12. The average molecular weight is 340 g/mol. The Bertz CT molecular complexity index is 670. The summed E-state index contributed by atoms with van der Waals surface area (Å²) in [6.07, 6.45) is 0. The molecule has 9 heteroatoms. The van der Waals surface area contributed by atoms with Crippen molar-refractivity contribution >= 4 is 33.3 Å². The first kappa shape index (κ1) is 14.0. The van der Waals surface area contributed by atoms with Gasteiger partial charge in [0, 0.05) is 4.47 Å². The number of halogens is 1. The van der Waals surface area contributed by atoms with Gasteiger partial charge in [0.25, 0.3) is 5.91 Å². The molecule has 1 heterocycles. The molecule has 0 bridgehead atoms. The van der Waals surface area contributed by atoms with Crippen LogP contribution in [0.2, 0.25) is 0 Å². The monoisotopic (exact) mass is 339 g/mol. The van der Waals surface area contributed by atoms with Gasteiger partial charge < -0.3 is 0 Å². The molecule has 1 amide bonds. The fourth-order valence-electron chi connectivity index (χ4n) is 1.56. The zero-order valence-electron chi connectivity index (χ0n) is 10.3. The van der Waals surface area contributed by atoms with Crippen LogP contribution < -0.4 is 10.9 Å². The van der Waals surface area contributed by atoms with Gasteiger partial charge in [0.1, 0.15) is 5.69 Å². The van der Waals surface area contributed by atoms with Gasteiger partial charge in [-0.05, 0) is 35.0 Å². The Morgan fingerprint density at radius 1 is 1.45 bits per heavy atom. The van der Waals surface area contributed by atoms with Gasteiger partial charge in [-0.1, -0.05) is 12.1 Å². The fourth-order valence-corrected chi connectivity index (χ4v) is 2.03. The average Bonchev–Trinajstić information content (AvgIpc) is 2.78. The number of H-pyrrole nitrogens is 1. The molecule has 0 aliphatic rings. The van der Waals surface area contributed by atoms with E-state index in [1.807, 2.05) is 0 Å². The highest BCUT2D eigenvalue weighted by molar-refractivity contribution is 9.10. The minimum atomic E-state index is -0.578. The van der Waals surface area contributed by atoms with Crippen molar-refractivity contribution in [2.45, 2.75) is 6.92 Å². The lowest BCUT2D eigenvalue weighted by atomic mass is 10.2. The first-order chi connectivity index (χ1) is 9.50. The molecule has 0 aliphatic carbocycles. The summed E-state index contributed by atoms with van der Waals surface area (Å²) in [5, 5.41) is 17.1. The minimum absolute atomic E-state index is 0.0482. The molecule has 2 aromatic rings. The predicted octanol–water partition coefficient (Wildman–Crippen LogP) is 2.15. The number of nitrogens with one attached hydrogen (secondary N) is 3. The van der Waals surface area contributed by atoms with Gasteiger partial charge in [0.2, 0.25) is 5.82 Å². The van der Waals surface area contributed by atoms with E-state index in [4.69, 9.17) is 0 Å². The van der Waals surface area contributed by atoms with E-state index in [0.717, 1.165) is 0 Å². The van der Waals surface area contributed by atoms with E-state index in [9.17, 15) is 14.9 Å². The van der Waals surface area contributed by atoms with Gasteiger partial charge in [0.05, 0.1) is 10.5 Å². The summed E-state index contributed by atoms with van der Waals surface area (Å²) in [5.41, 5.74) is 5.28. The van der Waals surface area contributed by atoms with Crippen molar-refractivity contribution in [2.24, 2.45) is 0 Å². The normalized spacial score (nSPS) is 10.1. The lowest BCUT2D eigenvalue weighted by Gasteiger charge is -2.06. The van der Waals surface area contributed by atoms with Crippen molar-refractivity contribution in [1.82, 2.24) is 15.6 Å². The number of rotatable bonds is 4. The molecule has 0 aliphatic heterocycles. The lowest BCUT2D eigenvalue weighted by Crippen LogP contribution is -2.30.